The highest BCUT2D eigenvalue weighted by molar-refractivity contribution is 14.1. The van der Waals surface area contributed by atoms with Crippen LogP contribution in [0.1, 0.15) is 22.8 Å². The molecule has 0 bridgehead atoms. The van der Waals surface area contributed by atoms with E-state index in [2.05, 4.69) is 57.4 Å². The average molecular weight is 414 g/mol. The molecule has 0 unspecified atom stereocenters. The molecule has 0 aliphatic carbocycles. The molecule has 3 rings (SSSR count). The number of hydrogen-bond acceptors (Lipinski definition) is 2. The van der Waals surface area contributed by atoms with E-state index in [9.17, 15) is 4.79 Å². The number of nitrogens with one attached hydrogen (secondary N) is 1. The van der Waals surface area contributed by atoms with Crippen LogP contribution in [0.4, 0.5) is 0 Å². The van der Waals surface area contributed by atoms with Crippen LogP contribution in [0.2, 0.25) is 0 Å². The number of carbonyl (C=O) groups is 1. The molecular formula is C19H15IN2O. The normalized spacial score (nSPS) is 11.5. The van der Waals surface area contributed by atoms with Gasteiger partial charge in [0, 0.05) is 9.13 Å². The summed E-state index contributed by atoms with van der Waals surface area (Å²) in [7, 11) is 0. The van der Waals surface area contributed by atoms with Crippen molar-refractivity contribution in [2.75, 3.05) is 0 Å². The smallest absolute Gasteiger partial charge is 0.267 e. The van der Waals surface area contributed by atoms with Gasteiger partial charge in [-0.1, -0.05) is 42.5 Å². The summed E-state index contributed by atoms with van der Waals surface area (Å²) in [4.78, 5) is 12.1. The van der Waals surface area contributed by atoms with Crippen molar-refractivity contribution in [2.24, 2.45) is 5.10 Å². The van der Waals surface area contributed by atoms with Crippen LogP contribution < -0.4 is 5.43 Å². The number of amides is 1. The molecule has 3 aromatic rings. The molecule has 3 nitrogen and oxygen atoms in total. The molecule has 0 saturated heterocycles. The van der Waals surface area contributed by atoms with Crippen molar-refractivity contribution in [1.29, 1.82) is 0 Å². The van der Waals surface area contributed by atoms with E-state index in [-0.39, 0.29) is 5.91 Å². The molecule has 0 saturated carbocycles. The van der Waals surface area contributed by atoms with Crippen molar-refractivity contribution in [1.82, 2.24) is 5.43 Å². The van der Waals surface area contributed by atoms with Gasteiger partial charge in [-0.15, -0.1) is 0 Å². The van der Waals surface area contributed by atoms with Crippen LogP contribution in [0, 0.1) is 3.57 Å². The number of benzene rings is 3. The predicted molar refractivity (Wildman–Crippen MR) is 103 cm³/mol. The monoisotopic (exact) mass is 414 g/mol. The lowest BCUT2D eigenvalue weighted by atomic mass is 10.0. The Hall–Kier alpha value is -2.21. The van der Waals surface area contributed by atoms with Crippen LogP contribution in [-0.2, 0) is 0 Å². The topological polar surface area (TPSA) is 41.5 Å². The summed E-state index contributed by atoms with van der Waals surface area (Å²) in [5.74, 6) is -0.205. The van der Waals surface area contributed by atoms with Gasteiger partial charge in [0.15, 0.2) is 0 Å². The molecule has 1 N–H and O–H groups in total. The number of rotatable bonds is 3. The lowest BCUT2D eigenvalue weighted by Gasteiger charge is -2.05. The zero-order chi connectivity index (χ0) is 16.2. The Balaban J connectivity index is 1.79. The SMILES string of the molecule is C/C(=N/NC(=O)c1cccc(I)c1)c1ccc2ccccc2c1. The maximum absolute atomic E-state index is 12.1. The number of hydrogen-bond donors (Lipinski definition) is 1. The van der Waals surface area contributed by atoms with Crippen molar-refractivity contribution in [3.05, 3.63) is 81.4 Å². The van der Waals surface area contributed by atoms with E-state index in [1.165, 1.54) is 5.39 Å². The second kappa shape index (κ2) is 6.91. The Morgan fingerprint density at radius 3 is 2.48 bits per heavy atom. The van der Waals surface area contributed by atoms with E-state index in [4.69, 9.17) is 0 Å². The molecule has 114 valence electrons. The average Bonchev–Trinajstić information content (AvgIpc) is 2.59. The molecule has 0 aliphatic rings. The Morgan fingerprint density at radius 2 is 1.70 bits per heavy atom. The van der Waals surface area contributed by atoms with Crippen LogP contribution in [0.3, 0.4) is 0 Å². The molecule has 3 aromatic carbocycles. The summed E-state index contributed by atoms with van der Waals surface area (Å²) in [6.07, 6.45) is 0. The van der Waals surface area contributed by atoms with E-state index >= 15 is 0 Å². The van der Waals surface area contributed by atoms with E-state index in [1.807, 2.05) is 43.3 Å². The second-order valence-electron chi connectivity index (χ2n) is 5.21. The zero-order valence-corrected chi connectivity index (χ0v) is 14.7. The third-order valence-corrected chi connectivity index (χ3v) is 4.25. The fourth-order valence-electron chi connectivity index (χ4n) is 2.31. The van der Waals surface area contributed by atoms with Crippen molar-refractivity contribution in [3.8, 4) is 0 Å². The predicted octanol–water partition coefficient (Wildman–Crippen LogP) is 4.60. The van der Waals surface area contributed by atoms with Crippen LogP contribution in [0.5, 0.6) is 0 Å². The molecule has 0 atom stereocenters. The molecule has 1 amide bonds. The van der Waals surface area contributed by atoms with E-state index < -0.39 is 0 Å². The molecule has 23 heavy (non-hydrogen) atoms. The largest absolute Gasteiger partial charge is 0.271 e. The van der Waals surface area contributed by atoms with Gasteiger partial charge in [-0.3, -0.25) is 4.79 Å². The quantitative estimate of drug-likeness (QED) is 0.380. The van der Waals surface area contributed by atoms with Gasteiger partial charge in [-0.25, -0.2) is 5.43 Å². The number of fused-ring (bicyclic) bond motifs is 1. The summed E-state index contributed by atoms with van der Waals surface area (Å²) in [6.45, 7) is 1.89. The highest BCUT2D eigenvalue weighted by Crippen LogP contribution is 2.16. The minimum Gasteiger partial charge on any atom is -0.267 e. The van der Waals surface area contributed by atoms with Gasteiger partial charge >= 0.3 is 0 Å². The minimum absolute atomic E-state index is 0.205. The Morgan fingerprint density at radius 1 is 0.913 bits per heavy atom. The van der Waals surface area contributed by atoms with E-state index in [0.29, 0.717) is 5.56 Å². The maximum Gasteiger partial charge on any atom is 0.271 e. The number of hydrazone groups is 1. The number of halogens is 1. The highest BCUT2D eigenvalue weighted by Gasteiger charge is 2.05. The molecule has 0 aliphatic heterocycles. The third kappa shape index (κ3) is 3.76. The fourth-order valence-corrected chi connectivity index (χ4v) is 2.85. The highest BCUT2D eigenvalue weighted by atomic mass is 127. The van der Waals surface area contributed by atoms with Crippen molar-refractivity contribution in [2.45, 2.75) is 6.92 Å². The van der Waals surface area contributed by atoms with Crippen LogP contribution >= 0.6 is 22.6 Å². The first kappa shape index (κ1) is 15.7. The lowest BCUT2D eigenvalue weighted by molar-refractivity contribution is 0.0955. The first-order valence-electron chi connectivity index (χ1n) is 7.23. The van der Waals surface area contributed by atoms with E-state index in [0.717, 1.165) is 20.2 Å². The van der Waals surface area contributed by atoms with Crippen molar-refractivity contribution in [3.63, 3.8) is 0 Å². The molecule has 4 heteroatoms. The zero-order valence-electron chi connectivity index (χ0n) is 12.6. The van der Waals surface area contributed by atoms with Crippen LogP contribution in [0.25, 0.3) is 10.8 Å². The maximum atomic E-state index is 12.1. The lowest BCUT2D eigenvalue weighted by Crippen LogP contribution is -2.19. The molecule has 0 fully saturated rings. The van der Waals surface area contributed by atoms with Crippen LogP contribution in [-0.4, -0.2) is 11.6 Å². The second-order valence-corrected chi connectivity index (χ2v) is 6.46. The van der Waals surface area contributed by atoms with Gasteiger partial charge in [0.2, 0.25) is 0 Å². The molecule has 0 aromatic heterocycles. The van der Waals surface area contributed by atoms with Crippen molar-refractivity contribution >= 4 is 45.0 Å². The Labute approximate surface area is 148 Å². The number of nitrogens with zero attached hydrogens (tertiary/aromatic N) is 1. The summed E-state index contributed by atoms with van der Waals surface area (Å²) in [5.41, 5.74) is 4.99. The summed E-state index contributed by atoms with van der Waals surface area (Å²) < 4.78 is 1.02. The molecule has 0 spiro atoms. The summed E-state index contributed by atoms with van der Waals surface area (Å²) >= 11 is 2.18. The van der Waals surface area contributed by atoms with Gasteiger partial charge in [-0.2, -0.15) is 5.10 Å². The molecular weight excluding hydrogens is 399 g/mol. The van der Waals surface area contributed by atoms with Gasteiger partial charge in [-0.05, 0) is 70.1 Å². The minimum atomic E-state index is -0.205. The molecule has 0 heterocycles. The first-order chi connectivity index (χ1) is 11.1. The summed E-state index contributed by atoms with van der Waals surface area (Å²) in [6, 6.07) is 21.7. The van der Waals surface area contributed by atoms with E-state index in [1.54, 1.807) is 6.07 Å². The van der Waals surface area contributed by atoms with Gasteiger partial charge in [0.1, 0.15) is 0 Å². The molecule has 0 radical (unpaired) electrons. The Kier molecular flexibility index (Phi) is 4.71. The fraction of sp³-hybridized carbons (Fsp3) is 0.0526. The third-order valence-electron chi connectivity index (χ3n) is 3.58. The van der Waals surface area contributed by atoms with Crippen molar-refractivity contribution < 1.29 is 4.79 Å². The first-order valence-corrected chi connectivity index (χ1v) is 8.31. The van der Waals surface area contributed by atoms with Gasteiger partial charge in [0.25, 0.3) is 5.91 Å². The Bertz CT molecular complexity index is 903. The van der Waals surface area contributed by atoms with Gasteiger partial charge in [0.05, 0.1) is 5.71 Å². The van der Waals surface area contributed by atoms with Gasteiger partial charge < -0.3 is 0 Å². The number of carbonyl (C=O) groups excluding carboxylic acids is 1. The standard InChI is InChI=1S/C19H15IN2O/c1-13(15-10-9-14-5-2-3-6-16(14)11-15)21-22-19(23)17-7-4-8-18(20)12-17/h2-12H,1H3,(H,22,23)/b21-13-. The summed E-state index contributed by atoms with van der Waals surface area (Å²) in [5, 5.41) is 6.56. The van der Waals surface area contributed by atoms with Crippen LogP contribution in [0.15, 0.2) is 71.8 Å².